The second kappa shape index (κ2) is 9.83. The van der Waals surface area contributed by atoms with Crippen LogP contribution in [-0.2, 0) is 14.4 Å². The van der Waals surface area contributed by atoms with E-state index in [2.05, 4.69) is 5.32 Å². The quantitative estimate of drug-likeness (QED) is 0.377. The molecule has 0 radical (unpaired) electrons. The van der Waals surface area contributed by atoms with Crippen molar-refractivity contribution in [2.75, 3.05) is 11.5 Å². The lowest BCUT2D eigenvalue weighted by Gasteiger charge is -2.29. The van der Waals surface area contributed by atoms with Crippen molar-refractivity contribution < 1.29 is 29.0 Å². The van der Waals surface area contributed by atoms with Crippen LogP contribution in [0, 0.1) is 13.8 Å². The van der Waals surface area contributed by atoms with Gasteiger partial charge in [-0.05, 0) is 86.9 Å². The maximum absolute atomic E-state index is 13.3. The van der Waals surface area contributed by atoms with E-state index in [1.54, 1.807) is 19.1 Å². The van der Waals surface area contributed by atoms with Crippen molar-refractivity contribution >= 4 is 46.9 Å². The first-order chi connectivity index (χ1) is 15.6. The zero-order valence-corrected chi connectivity index (χ0v) is 19.4. The average molecular weight is 468 g/mol. The molecule has 1 aliphatic rings. The van der Waals surface area contributed by atoms with Crippen LogP contribution < -0.4 is 24.8 Å². The van der Waals surface area contributed by atoms with Crippen LogP contribution in [0.1, 0.15) is 30.5 Å². The van der Waals surface area contributed by atoms with Crippen molar-refractivity contribution in [3.8, 4) is 11.5 Å². The van der Waals surface area contributed by atoms with Gasteiger partial charge in [-0.25, -0.2) is 0 Å². The van der Waals surface area contributed by atoms with Crippen molar-refractivity contribution in [3.05, 3.63) is 58.7 Å². The van der Waals surface area contributed by atoms with E-state index < -0.39 is 23.9 Å². The first kappa shape index (κ1) is 23.9. The fraction of sp³-hybridized carbons (Fsp3) is 0.250. The normalized spacial score (nSPS) is 15.9. The molecule has 2 aromatic carbocycles. The molecule has 0 spiro atoms. The molecular formula is C24H23N2O6S-. The molecule has 9 heteroatoms. The van der Waals surface area contributed by atoms with Gasteiger partial charge in [-0.15, -0.1) is 0 Å². The van der Waals surface area contributed by atoms with Crippen molar-refractivity contribution in [2.45, 2.75) is 33.8 Å². The number of ether oxygens (including phenoxy) is 2. The molecule has 1 N–H and O–H groups in total. The predicted molar refractivity (Wildman–Crippen MR) is 125 cm³/mol. The van der Waals surface area contributed by atoms with Crippen LogP contribution in [0.4, 0.5) is 5.69 Å². The van der Waals surface area contributed by atoms with Gasteiger partial charge in [-0.2, -0.15) is 0 Å². The lowest BCUT2D eigenvalue weighted by molar-refractivity contribution is -0.312. The van der Waals surface area contributed by atoms with Gasteiger partial charge in [0.05, 0.1) is 18.3 Å². The number of carboxylic acid groups (broad SMARTS) is 1. The van der Waals surface area contributed by atoms with Crippen LogP contribution in [0.25, 0.3) is 6.08 Å². The van der Waals surface area contributed by atoms with Gasteiger partial charge in [-0.3, -0.25) is 19.8 Å². The zero-order valence-electron chi connectivity index (χ0n) is 18.6. The summed E-state index contributed by atoms with van der Waals surface area (Å²) in [5.41, 5.74) is 2.83. The number of carbonyl (C=O) groups is 3. The highest BCUT2D eigenvalue weighted by Gasteiger charge is 2.34. The number of anilines is 1. The van der Waals surface area contributed by atoms with E-state index in [0.29, 0.717) is 17.9 Å². The Bertz CT molecular complexity index is 1150. The van der Waals surface area contributed by atoms with Gasteiger partial charge in [0, 0.05) is 0 Å². The highest BCUT2D eigenvalue weighted by Crippen LogP contribution is 2.31. The second-order valence-electron chi connectivity index (χ2n) is 7.52. The van der Waals surface area contributed by atoms with E-state index in [4.69, 9.17) is 21.7 Å². The van der Waals surface area contributed by atoms with Gasteiger partial charge in [0.15, 0.2) is 16.6 Å². The van der Waals surface area contributed by atoms with E-state index in [1.165, 1.54) is 24.0 Å². The monoisotopic (exact) mass is 467 g/mol. The summed E-state index contributed by atoms with van der Waals surface area (Å²) in [4.78, 5) is 38.1. The number of nitrogens with zero attached hydrogens (tertiary/aromatic N) is 1. The molecule has 1 atom stereocenters. The van der Waals surface area contributed by atoms with Crippen LogP contribution >= 0.6 is 12.2 Å². The van der Waals surface area contributed by atoms with E-state index in [0.717, 1.165) is 11.1 Å². The molecule has 3 rings (SSSR count). The highest BCUT2D eigenvalue weighted by atomic mass is 32.1. The maximum atomic E-state index is 13.3. The lowest BCUT2D eigenvalue weighted by Crippen LogP contribution is -2.54. The van der Waals surface area contributed by atoms with Gasteiger partial charge in [-0.1, -0.05) is 12.1 Å². The highest BCUT2D eigenvalue weighted by molar-refractivity contribution is 7.80. The number of nitrogens with one attached hydrogen (secondary N) is 1. The minimum absolute atomic E-state index is 0.00201. The largest absolute Gasteiger partial charge is 0.546 e. The SMILES string of the molecule is CCOc1cc(/C=C2\C(=O)NC(=S)N(c3cc(C)cc(C)c3)C2=O)ccc1O[C@H](C)C(=O)[O-]. The van der Waals surface area contributed by atoms with Crippen molar-refractivity contribution in [3.63, 3.8) is 0 Å². The third-order valence-corrected chi connectivity index (χ3v) is 5.07. The molecule has 1 saturated heterocycles. The predicted octanol–water partition coefficient (Wildman–Crippen LogP) is 2.05. The third-order valence-electron chi connectivity index (χ3n) is 4.78. The van der Waals surface area contributed by atoms with E-state index in [1.807, 2.05) is 32.0 Å². The maximum Gasteiger partial charge on any atom is 0.270 e. The molecule has 0 aliphatic carbocycles. The van der Waals surface area contributed by atoms with Crippen LogP contribution in [0.3, 0.4) is 0 Å². The summed E-state index contributed by atoms with van der Waals surface area (Å²) < 4.78 is 10.9. The first-order valence-electron chi connectivity index (χ1n) is 10.2. The van der Waals surface area contributed by atoms with Gasteiger partial charge < -0.3 is 19.4 Å². The van der Waals surface area contributed by atoms with Crippen LogP contribution in [0.15, 0.2) is 42.0 Å². The number of carboxylic acids is 1. The molecule has 1 heterocycles. The number of aliphatic carboxylic acids is 1. The Kier molecular flexibility index (Phi) is 7.13. The fourth-order valence-electron chi connectivity index (χ4n) is 3.36. The lowest BCUT2D eigenvalue weighted by atomic mass is 10.1. The Morgan fingerprint density at radius 3 is 2.42 bits per heavy atom. The van der Waals surface area contributed by atoms with Crippen LogP contribution in [0.5, 0.6) is 11.5 Å². The number of amides is 2. The molecule has 2 amide bonds. The summed E-state index contributed by atoms with van der Waals surface area (Å²) in [6.07, 6.45) is 0.232. The average Bonchev–Trinajstić information content (AvgIpc) is 2.72. The Balaban J connectivity index is 1.99. The first-order valence-corrected chi connectivity index (χ1v) is 10.7. The summed E-state index contributed by atoms with van der Waals surface area (Å²) in [7, 11) is 0. The number of hydrogen-bond acceptors (Lipinski definition) is 7. The van der Waals surface area contributed by atoms with Crippen LogP contribution in [-0.4, -0.2) is 35.6 Å². The zero-order chi connectivity index (χ0) is 24.3. The van der Waals surface area contributed by atoms with Gasteiger partial charge >= 0.3 is 0 Å². The summed E-state index contributed by atoms with van der Waals surface area (Å²) >= 11 is 5.26. The van der Waals surface area contributed by atoms with E-state index in [9.17, 15) is 19.5 Å². The summed E-state index contributed by atoms with van der Waals surface area (Å²) in [5, 5.41) is 13.6. The number of aryl methyl sites for hydroxylation is 2. The Morgan fingerprint density at radius 2 is 1.82 bits per heavy atom. The number of rotatable bonds is 7. The van der Waals surface area contributed by atoms with Gasteiger partial charge in [0.1, 0.15) is 11.7 Å². The molecule has 1 fully saturated rings. The molecule has 0 aromatic heterocycles. The van der Waals surface area contributed by atoms with Crippen molar-refractivity contribution in [1.29, 1.82) is 0 Å². The molecule has 8 nitrogen and oxygen atoms in total. The van der Waals surface area contributed by atoms with Gasteiger partial charge in [0.2, 0.25) is 0 Å². The van der Waals surface area contributed by atoms with Crippen molar-refractivity contribution in [2.24, 2.45) is 0 Å². The number of thiocarbonyl (C=S) groups is 1. The Labute approximate surface area is 196 Å². The van der Waals surface area contributed by atoms with Crippen molar-refractivity contribution in [1.82, 2.24) is 5.32 Å². The molecule has 2 aromatic rings. The number of carbonyl (C=O) groups excluding carboxylic acids is 3. The third kappa shape index (κ3) is 5.38. The fourth-order valence-corrected chi connectivity index (χ4v) is 3.64. The minimum atomic E-state index is -1.37. The van der Waals surface area contributed by atoms with Crippen LogP contribution in [0.2, 0.25) is 0 Å². The standard InChI is InChI=1S/C24H24N2O6S/c1-5-31-20-12-16(6-7-19(20)32-15(4)23(29)30)11-18-21(27)25-24(33)26(22(18)28)17-9-13(2)8-14(3)10-17/h6-12,15H,5H2,1-4H3,(H,29,30)(H,25,27,33)/p-1/b18-11+/t15-/m1/s1. The second-order valence-corrected chi connectivity index (χ2v) is 7.91. The molecule has 172 valence electrons. The summed E-state index contributed by atoms with van der Waals surface area (Å²) in [5.74, 6) is -2.07. The number of hydrogen-bond donors (Lipinski definition) is 1. The Hall–Kier alpha value is -3.72. The summed E-state index contributed by atoms with van der Waals surface area (Å²) in [6, 6.07) is 10.2. The number of benzene rings is 2. The molecule has 33 heavy (non-hydrogen) atoms. The summed E-state index contributed by atoms with van der Waals surface area (Å²) in [6.45, 7) is 7.21. The Morgan fingerprint density at radius 1 is 1.15 bits per heavy atom. The molecule has 0 bridgehead atoms. The molecule has 0 saturated carbocycles. The topological polar surface area (TPSA) is 108 Å². The molecule has 0 unspecified atom stereocenters. The smallest absolute Gasteiger partial charge is 0.270 e. The molecular weight excluding hydrogens is 444 g/mol. The van der Waals surface area contributed by atoms with E-state index >= 15 is 0 Å². The minimum Gasteiger partial charge on any atom is -0.546 e. The van der Waals surface area contributed by atoms with Gasteiger partial charge in [0.25, 0.3) is 11.8 Å². The molecule has 1 aliphatic heterocycles. The van der Waals surface area contributed by atoms with E-state index in [-0.39, 0.29) is 22.2 Å².